The predicted molar refractivity (Wildman–Crippen MR) is 121 cm³/mol. The van der Waals surface area contributed by atoms with Gasteiger partial charge >= 0.3 is 5.97 Å². The molecule has 0 spiro atoms. The van der Waals surface area contributed by atoms with E-state index in [1.54, 1.807) is 0 Å². The zero-order valence-corrected chi connectivity index (χ0v) is 19.5. The number of hydrogen-bond acceptors (Lipinski definition) is 3. The third-order valence-corrected chi connectivity index (χ3v) is 4.48. The Morgan fingerprint density at radius 3 is 2.26 bits per heavy atom. The van der Waals surface area contributed by atoms with Gasteiger partial charge in [0.15, 0.2) is 5.96 Å². The van der Waals surface area contributed by atoms with E-state index in [4.69, 9.17) is 9.73 Å². The Hall–Kier alpha value is -1.31. The third kappa shape index (κ3) is 8.49. The lowest BCUT2D eigenvalue weighted by molar-refractivity contribution is -0.161. The highest BCUT2D eigenvalue weighted by atomic mass is 127. The van der Waals surface area contributed by atoms with Gasteiger partial charge in [-0.15, -0.1) is 24.0 Å². The number of guanidine groups is 1. The summed E-state index contributed by atoms with van der Waals surface area (Å²) in [6.07, 6.45) is 3.65. The smallest absolute Gasteiger partial charge is 0.309 e. The van der Waals surface area contributed by atoms with E-state index in [9.17, 15) is 4.79 Å². The summed E-state index contributed by atoms with van der Waals surface area (Å²) in [5.41, 5.74) is 0.788. The molecule has 0 aromatic heterocycles. The fourth-order valence-electron chi connectivity index (χ4n) is 3.11. The summed E-state index contributed by atoms with van der Waals surface area (Å²) in [4.78, 5) is 19.0. The number of rotatable bonds is 4. The molecule has 0 heterocycles. The third-order valence-electron chi connectivity index (χ3n) is 4.48. The van der Waals surface area contributed by atoms with Gasteiger partial charge in [0.25, 0.3) is 0 Å². The molecule has 2 rings (SSSR count). The largest absolute Gasteiger partial charge is 0.460 e. The van der Waals surface area contributed by atoms with E-state index in [0.29, 0.717) is 12.6 Å². The molecule has 0 bridgehead atoms. The molecule has 1 saturated carbocycles. The van der Waals surface area contributed by atoms with Gasteiger partial charge in [-0.2, -0.15) is 0 Å². The minimum Gasteiger partial charge on any atom is -0.460 e. The summed E-state index contributed by atoms with van der Waals surface area (Å²) in [6.45, 7) is 6.43. The molecule has 1 aliphatic carbocycles. The number of halogens is 1. The van der Waals surface area contributed by atoms with E-state index in [2.05, 4.69) is 17.4 Å². The summed E-state index contributed by atoms with van der Waals surface area (Å²) in [5, 5.41) is 3.56. The van der Waals surface area contributed by atoms with Crippen LogP contribution in [-0.4, -0.2) is 42.6 Å². The van der Waals surface area contributed by atoms with Crippen LogP contribution in [-0.2, 0) is 16.1 Å². The van der Waals surface area contributed by atoms with Crippen molar-refractivity contribution in [2.45, 2.75) is 64.6 Å². The van der Waals surface area contributed by atoms with Gasteiger partial charge in [-0.05, 0) is 52.0 Å². The molecule has 0 saturated heterocycles. The highest BCUT2D eigenvalue weighted by Gasteiger charge is 2.30. The fraction of sp³-hybridized carbons (Fsp3) is 0.619. The zero-order valence-electron chi connectivity index (χ0n) is 17.2. The van der Waals surface area contributed by atoms with Crippen molar-refractivity contribution < 1.29 is 9.53 Å². The van der Waals surface area contributed by atoms with Crippen molar-refractivity contribution in [2.24, 2.45) is 10.9 Å². The number of aliphatic imine (C=N–C) groups is 1. The first-order chi connectivity index (χ1) is 12.2. The second-order valence-electron chi connectivity index (χ2n) is 8.25. The van der Waals surface area contributed by atoms with Crippen molar-refractivity contribution in [1.82, 2.24) is 10.2 Å². The van der Waals surface area contributed by atoms with Crippen LogP contribution < -0.4 is 5.32 Å². The van der Waals surface area contributed by atoms with Crippen molar-refractivity contribution in [3.8, 4) is 0 Å². The first kappa shape index (κ1) is 23.7. The molecular weight excluding hydrogens is 453 g/mol. The number of benzene rings is 1. The van der Waals surface area contributed by atoms with Crippen molar-refractivity contribution in [2.75, 3.05) is 14.1 Å². The molecule has 0 radical (unpaired) electrons. The van der Waals surface area contributed by atoms with Crippen LogP contribution in [0.15, 0.2) is 35.3 Å². The standard InChI is InChI=1S/C21H33N3O2.HI/c1-21(2,3)26-19(25)17-11-13-18(14-12-17)23-20(24(4)5)22-15-16-9-7-6-8-10-16;/h6-10,17-18H,11-15H2,1-5H3,(H,22,23);1H. The van der Waals surface area contributed by atoms with Crippen molar-refractivity contribution in [3.63, 3.8) is 0 Å². The van der Waals surface area contributed by atoms with Crippen LogP contribution >= 0.6 is 24.0 Å². The maximum atomic E-state index is 12.2. The van der Waals surface area contributed by atoms with Crippen LogP contribution in [0.4, 0.5) is 0 Å². The van der Waals surface area contributed by atoms with Crippen LogP contribution in [0.5, 0.6) is 0 Å². The molecule has 0 aliphatic heterocycles. The average molecular weight is 487 g/mol. The van der Waals surface area contributed by atoms with Gasteiger partial charge in [-0.25, -0.2) is 4.99 Å². The average Bonchev–Trinajstić information content (AvgIpc) is 2.58. The summed E-state index contributed by atoms with van der Waals surface area (Å²) in [5.74, 6) is 0.868. The van der Waals surface area contributed by atoms with E-state index in [-0.39, 0.29) is 35.9 Å². The van der Waals surface area contributed by atoms with Crippen molar-refractivity contribution >= 4 is 35.9 Å². The predicted octanol–water partition coefficient (Wildman–Crippen LogP) is 4.21. The van der Waals surface area contributed by atoms with E-state index in [1.165, 1.54) is 5.56 Å². The first-order valence-corrected chi connectivity index (χ1v) is 9.49. The van der Waals surface area contributed by atoms with Gasteiger partial charge < -0.3 is 15.0 Å². The quantitative estimate of drug-likeness (QED) is 0.299. The Kier molecular flexibility index (Phi) is 9.56. The van der Waals surface area contributed by atoms with Crippen molar-refractivity contribution in [1.29, 1.82) is 0 Å². The highest BCUT2D eigenvalue weighted by molar-refractivity contribution is 14.0. The number of esters is 1. The molecule has 1 aromatic rings. The number of carbonyl (C=O) groups is 1. The monoisotopic (exact) mass is 487 g/mol. The van der Waals surface area contributed by atoms with Gasteiger partial charge in [0.1, 0.15) is 5.60 Å². The minimum absolute atomic E-state index is 0. The Morgan fingerprint density at radius 2 is 1.74 bits per heavy atom. The van der Waals surface area contributed by atoms with Crippen LogP contribution in [0.1, 0.15) is 52.0 Å². The summed E-state index contributed by atoms with van der Waals surface area (Å²) in [6, 6.07) is 10.6. The van der Waals surface area contributed by atoms with Gasteiger partial charge in [0.05, 0.1) is 12.5 Å². The number of carbonyl (C=O) groups excluding carboxylic acids is 1. The molecule has 152 valence electrons. The maximum absolute atomic E-state index is 12.2. The molecule has 0 atom stereocenters. The van der Waals surface area contributed by atoms with Crippen molar-refractivity contribution in [3.05, 3.63) is 35.9 Å². The second kappa shape index (κ2) is 10.9. The molecular formula is C21H34IN3O2. The summed E-state index contributed by atoms with van der Waals surface area (Å²) < 4.78 is 5.53. The van der Waals surface area contributed by atoms with Gasteiger partial charge in [0, 0.05) is 20.1 Å². The van der Waals surface area contributed by atoms with Crippen LogP contribution in [0, 0.1) is 5.92 Å². The van der Waals surface area contributed by atoms with Crippen LogP contribution in [0.3, 0.4) is 0 Å². The Balaban J connectivity index is 0.00000364. The van der Waals surface area contributed by atoms with E-state index in [1.807, 2.05) is 58.0 Å². The number of hydrogen-bond donors (Lipinski definition) is 1. The Morgan fingerprint density at radius 1 is 1.15 bits per heavy atom. The zero-order chi connectivity index (χ0) is 19.2. The lowest BCUT2D eigenvalue weighted by Crippen LogP contribution is -2.45. The van der Waals surface area contributed by atoms with Crippen LogP contribution in [0.25, 0.3) is 0 Å². The maximum Gasteiger partial charge on any atom is 0.309 e. The summed E-state index contributed by atoms with van der Waals surface area (Å²) >= 11 is 0. The molecule has 27 heavy (non-hydrogen) atoms. The Bertz CT molecular complexity index is 604. The fourth-order valence-corrected chi connectivity index (χ4v) is 3.11. The molecule has 6 heteroatoms. The molecule has 1 fully saturated rings. The summed E-state index contributed by atoms with van der Waals surface area (Å²) in [7, 11) is 4.01. The topological polar surface area (TPSA) is 53.9 Å². The number of nitrogens with one attached hydrogen (secondary N) is 1. The molecule has 1 N–H and O–H groups in total. The minimum atomic E-state index is -0.408. The van der Waals surface area contributed by atoms with Gasteiger partial charge in [0.2, 0.25) is 0 Å². The molecule has 1 aliphatic rings. The first-order valence-electron chi connectivity index (χ1n) is 9.49. The number of ether oxygens (including phenoxy) is 1. The lowest BCUT2D eigenvalue weighted by Gasteiger charge is -2.32. The van der Waals surface area contributed by atoms with Gasteiger partial charge in [-0.3, -0.25) is 4.79 Å². The van der Waals surface area contributed by atoms with E-state index in [0.717, 1.165) is 31.6 Å². The normalized spacial score (nSPS) is 20.4. The second-order valence-corrected chi connectivity index (χ2v) is 8.25. The Labute approximate surface area is 181 Å². The molecule has 5 nitrogen and oxygen atoms in total. The highest BCUT2D eigenvalue weighted by Crippen LogP contribution is 2.27. The van der Waals surface area contributed by atoms with E-state index < -0.39 is 5.60 Å². The van der Waals surface area contributed by atoms with Gasteiger partial charge in [-0.1, -0.05) is 30.3 Å². The SMILES string of the molecule is CN(C)C(=NCc1ccccc1)NC1CCC(C(=O)OC(C)(C)C)CC1.I. The molecule has 0 amide bonds. The molecule has 1 aromatic carbocycles. The molecule has 0 unspecified atom stereocenters. The lowest BCUT2D eigenvalue weighted by atomic mass is 9.86. The number of nitrogens with zero attached hydrogens (tertiary/aromatic N) is 2. The van der Waals surface area contributed by atoms with Crippen LogP contribution in [0.2, 0.25) is 0 Å². The van der Waals surface area contributed by atoms with E-state index >= 15 is 0 Å².